The fraction of sp³-hybridized carbons (Fsp3) is 0. The number of amides is 1. The van der Waals surface area contributed by atoms with Crippen LogP contribution < -0.4 is 5.32 Å². The Kier molecular flexibility index (Phi) is 3.75. The molecular weight excluding hydrogens is 319 g/mol. The summed E-state index contributed by atoms with van der Waals surface area (Å²) >= 11 is 4.27. The van der Waals surface area contributed by atoms with Gasteiger partial charge < -0.3 is 5.32 Å². The zero-order valence-electron chi connectivity index (χ0n) is 8.91. The van der Waals surface area contributed by atoms with Crippen LogP contribution in [0.25, 0.3) is 0 Å². The van der Waals surface area contributed by atoms with Crippen molar-refractivity contribution in [3.63, 3.8) is 0 Å². The van der Waals surface area contributed by atoms with E-state index in [4.69, 9.17) is 5.26 Å². The summed E-state index contributed by atoms with van der Waals surface area (Å²) in [5, 5.41) is 13.6. The zero-order chi connectivity index (χ0) is 13.1. The smallest absolute Gasteiger partial charge is 0.257 e. The summed E-state index contributed by atoms with van der Waals surface area (Å²) in [4.78, 5) is 11.9. The third kappa shape index (κ3) is 2.42. The van der Waals surface area contributed by atoms with Crippen LogP contribution in [0.3, 0.4) is 0 Å². The maximum Gasteiger partial charge on any atom is 0.257 e. The summed E-state index contributed by atoms with van der Waals surface area (Å²) in [6.45, 7) is 0. The molecule has 0 bridgehead atoms. The molecule has 1 aromatic carbocycles. The fourth-order valence-corrected chi connectivity index (χ4v) is 2.52. The third-order valence-electron chi connectivity index (χ3n) is 2.21. The molecule has 0 radical (unpaired) electrons. The van der Waals surface area contributed by atoms with E-state index in [0.717, 1.165) is 0 Å². The molecule has 0 atom stereocenters. The lowest BCUT2D eigenvalue weighted by atomic mass is 10.2. The molecule has 0 aliphatic heterocycles. The molecule has 0 spiro atoms. The minimum atomic E-state index is -0.505. The Bertz CT molecular complexity index is 648. The number of carbonyl (C=O) groups excluding carboxylic acids is 1. The highest BCUT2D eigenvalue weighted by atomic mass is 79.9. The number of anilines is 1. The lowest BCUT2D eigenvalue weighted by Gasteiger charge is -2.05. The monoisotopic (exact) mass is 324 g/mol. The van der Waals surface area contributed by atoms with E-state index >= 15 is 0 Å². The summed E-state index contributed by atoms with van der Waals surface area (Å²) in [6, 6.07) is 7.79. The molecule has 2 aromatic rings. The lowest BCUT2D eigenvalue weighted by molar-refractivity contribution is 0.102. The van der Waals surface area contributed by atoms with E-state index in [0.29, 0.717) is 10.6 Å². The van der Waals surface area contributed by atoms with Crippen molar-refractivity contribution in [2.24, 2.45) is 0 Å². The summed E-state index contributed by atoms with van der Waals surface area (Å²) in [7, 11) is 0. The third-order valence-corrected chi connectivity index (χ3v) is 3.84. The number of nitriles is 1. The molecule has 1 aromatic heterocycles. The highest BCUT2D eigenvalue weighted by Crippen LogP contribution is 2.25. The van der Waals surface area contributed by atoms with Gasteiger partial charge in [-0.3, -0.25) is 4.79 Å². The summed E-state index contributed by atoms with van der Waals surface area (Å²) < 4.78 is 13.4. The van der Waals surface area contributed by atoms with Crippen molar-refractivity contribution in [1.29, 1.82) is 5.26 Å². The molecule has 18 heavy (non-hydrogen) atoms. The average molecular weight is 325 g/mol. The highest BCUT2D eigenvalue weighted by molar-refractivity contribution is 9.10. The average Bonchev–Trinajstić information content (AvgIpc) is 2.79. The number of hydrogen-bond donors (Lipinski definition) is 1. The molecule has 0 aliphatic carbocycles. The molecule has 1 amide bonds. The predicted octanol–water partition coefficient (Wildman–Crippen LogP) is 3.77. The zero-order valence-corrected chi connectivity index (χ0v) is 11.3. The second kappa shape index (κ2) is 5.29. The molecule has 0 unspecified atom stereocenters. The van der Waals surface area contributed by atoms with Crippen LogP contribution in [0.2, 0.25) is 0 Å². The topological polar surface area (TPSA) is 52.9 Å². The first-order valence-corrected chi connectivity index (χ1v) is 6.53. The largest absolute Gasteiger partial charge is 0.312 e. The molecule has 0 saturated carbocycles. The molecule has 1 heterocycles. The number of halogens is 2. The second-order valence-corrected chi connectivity index (χ2v) is 5.04. The Hall–Kier alpha value is -1.71. The molecule has 3 nitrogen and oxygen atoms in total. The minimum Gasteiger partial charge on any atom is -0.312 e. The first kappa shape index (κ1) is 12.7. The van der Waals surface area contributed by atoms with E-state index in [1.54, 1.807) is 11.4 Å². The first-order chi connectivity index (χ1) is 8.63. The van der Waals surface area contributed by atoms with Gasteiger partial charge >= 0.3 is 0 Å². The quantitative estimate of drug-likeness (QED) is 0.914. The van der Waals surface area contributed by atoms with Gasteiger partial charge in [0.2, 0.25) is 0 Å². The molecule has 90 valence electrons. The Morgan fingerprint density at radius 3 is 2.94 bits per heavy atom. The van der Waals surface area contributed by atoms with Crippen LogP contribution in [0.4, 0.5) is 9.39 Å². The summed E-state index contributed by atoms with van der Waals surface area (Å²) in [5.74, 6) is -0.963. The maximum atomic E-state index is 13.3. The van der Waals surface area contributed by atoms with Gasteiger partial charge in [0.1, 0.15) is 16.9 Å². The SMILES string of the molecule is N#Cc1ccsc1NC(=O)c1cccc(F)c1Br. The Labute approximate surface area is 115 Å². The van der Waals surface area contributed by atoms with E-state index in [-0.39, 0.29) is 10.0 Å². The van der Waals surface area contributed by atoms with Crippen molar-refractivity contribution < 1.29 is 9.18 Å². The van der Waals surface area contributed by atoms with E-state index in [1.165, 1.54) is 29.5 Å². The van der Waals surface area contributed by atoms with Crippen LogP contribution >= 0.6 is 27.3 Å². The number of hydrogen-bond acceptors (Lipinski definition) is 3. The van der Waals surface area contributed by atoms with Gasteiger partial charge in [0, 0.05) is 0 Å². The number of rotatable bonds is 2. The fourth-order valence-electron chi connectivity index (χ4n) is 1.34. The molecule has 0 saturated heterocycles. The van der Waals surface area contributed by atoms with Crippen LogP contribution in [0.15, 0.2) is 34.1 Å². The van der Waals surface area contributed by atoms with Crippen LogP contribution in [0.5, 0.6) is 0 Å². The summed E-state index contributed by atoms with van der Waals surface area (Å²) in [5.41, 5.74) is 0.577. The number of benzene rings is 1. The van der Waals surface area contributed by atoms with Crippen molar-refractivity contribution in [2.75, 3.05) is 5.32 Å². The first-order valence-electron chi connectivity index (χ1n) is 4.86. The van der Waals surface area contributed by atoms with Crippen LogP contribution in [0, 0.1) is 17.1 Å². The Morgan fingerprint density at radius 2 is 2.22 bits per heavy atom. The molecule has 1 N–H and O–H groups in total. The molecule has 0 fully saturated rings. The van der Waals surface area contributed by atoms with Gasteiger partial charge in [0.15, 0.2) is 0 Å². The van der Waals surface area contributed by atoms with Crippen molar-refractivity contribution in [2.45, 2.75) is 0 Å². The molecular formula is C12H6BrFN2OS. The highest BCUT2D eigenvalue weighted by Gasteiger charge is 2.15. The van der Waals surface area contributed by atoms with E-state index < -0.39 is 11.7 Å². The number of nitrogens with one attached hydrogen (secondary N) is 1. The van der Waals surface area contributed by atoms with E-state index in [1.807, 2.05) is 6.07 Å². The van der Waals surface area contributed by atoms with Crippen LogP contribution in [-0.2, 0) is 0 Å². The van der Waals surface area contributed by atoms with Crippen LogP contribution in [0.1, 0.15) is 15.9 Å². The van der Waals surface area contributed by atoms with Gasteiger partial charge in [-0.1, -0.05) is 6.07 Å². The van der Waals surface area contributed by atoms with E-state index in [2.05, 4.69) is 21.2 Å². The van der Waals surface area contributed by atoms with Gasteiger partial charge in [-0.05, 0) is 39.5 Å². The van der Waals surface area contributed by atoms with Gasteiger partial charge in [-0.2, -0.15) is 5.26 Å². The normalized spacial score (nSPS) is 9.83. The van der Waals surface area contributed by atoms with Crippen molar-refractivity contribution in [1.82, 2.24) is 0 Å². The van der Waals surface area contributed by atoms with E-state index in [9.17, 15) is 9.18 Å². The van der Waals surface area contributed by atoms with Gasteiger partial charge in [0.25, 0.3) is 5.91 Å². The van der Waals surface area contributed by atoms with Gasteiger partial charge in [-0.25, -0.2) is 4.39 Å². The van der Waals surface area contributed by atoms with Crippen molar-refractivity contribution in [3.8, 4) is 6.07 Å². The number of carbonyl (C=O) groups is 1. The lowest BCUT2D eigenvalue weighted by Crippen LogP contribution is -2.12. The predicted molar refractivity (Wildman–Crippen MR) is 71.1 cm³/mol. The molecule has 0 aliphatic rings. The molecule has 6 heteroatoms. The van der Waals surface area contributed by atoms with Gasteiger partial charge in [0.05, 0.1) is 15.6 Å². The molecule has 2 rings (SSSR count). The van der Waals surface area contributed by atoms with Gasteiger partial charge in [-0.15, -0.1) is 11.3 Å². The second-order valence-electron chi connectivity index (χ2n) is 3.33. The maximum absolute atomic E-state index is 13.3. The summed E-state index contributed by atoms with van der Waals surface area (Å²) in [6.07, 6.45) is 0. The Morgan fingerprint density at radius 1 is 1.44 bits per heavy atom. The van der Waals surface area contributed by atoms with Crippen LogP contribution in [-0.4, -0.2) is 5.91 Å². The standard InChI is InChI=1S/C12H6BrFN2OS/c13-10-8(2-1-3-9(10)14)11(17)16-12-7(6-15)4-5-18-12/h1-5H,(H,16,17). The number of thiophene rings is 1. The van der Waals surface area contributed by atoms with Crippen molar-refractivity contribution >= 4 is 38.2 Å². The Balaban J connectivity index is 2.29. The number of nitrogens with zero attached hydrogens (tertiary/aromatic N) is 1. The minimum absolute atomic E-state index is 0.109. The van der Waals surface area contributed by atoms with Crippen molar-refractivity contribution in [3.05, 3.63) is 51.1 Å².